The Morgan fingerprint density at radius 3 is 2.67 bits per heavy atom. The maximum Gasteiger partial charge on any atom is 0.270 e. The maximum atomic E-state index is 12.0. The van der Waals surface area contributed by atoms with E-state index in [4.69, 9.17) is 11.6 Å². The lowest BCUT2D eigenvalue weighted by Gasteiger charge is -2.22. The van der Waals surface area contributed by atoms with Gasteiger partial charge in [0.25, 0.3) is 5.91 Å². The quantitative estimate of drug-likeness (QED) is 0.800. The minimum absolute atomic E-state index is 0.322. The first-order chi connectivity index (χ1) is 8.38. The molecule has 0 bridgehead atoms. The summed E-state index contributed by atoms with van der Waals surface area (Å²) in [4.78, 5) is 12.0. The van der Waals surface area contributed by atoms with Gasteiger partial charge >= 0.3 is 0 Å². The summed E-state index contributed by atoms with van der Waals surface area (Å²) in [5.41, 5.74) is 2.92. The molecule has 1 aliphatic heterocycles. The molecule has 0 saturated heterocycles. The van der Waals surface area contributed by atoms with Gasteiger partial charge < -0.3 is 5.21 Å². The van der Waals surface area contributed by atoms with Crippen LogP contribution in [0.5, 0.6) is 0 Å². The van der Waals surface area contributed by atoms with Crippen LogP contribution in [0.2, 0.25) is 5.02 Å². The van der Waals surface area contributed by atoms with E-state index in [0.717, 1.165) is 5.56 Å². The predicted molar refractivity (Wildman–Crippen MR) is 68.8 cm³/mol. The summed E-state index contributed by atoms with van der Waals surface area (Å²) < 4.78 is 0. The minimum Gasteiger partial charge on any atom is -0.315 e. The molecule has 0 radical (unpaired) electrons. The molecule has 0 aromatic heterocycles. The van der Waals surface area contributed by atoms with Crippen molar-refractivity contribution in [2.24, 2.45) is 5.10 Å². The number of carbonyl (C=O) groups excluding carboxylic acids is 1. The van der Waals surface area contributed by atoms with Crippen molar-refractivity contribution < 1.29 is 10.0 Å². The number of hydroxylamine groups is 1. The number of hydrogen-bond acceptors (Lipinski definition) is 4. The number of carbonyl (C=O) groups is 1. The summed E-state index contributed by atoms with van der Waals surface area (Å²) in [5, 5.41) is 15.2. The fourth-order valence-electron chi connectivity index (χ4n) is 2.04. The molecule has 1 aliphatic rings. The molecule has 96 valence electrons. The van der Waals surface area contributed by atoms with E-state index in [9.17, 15) is 10.0 Å². The van der Waals surface area contributed by atoms with Gasteiger partial charge in [0.15, 0.2) is 5.54 Å². The summed E-state index contributed by atoms with van der Waals surface area (Å²) >= 11 is 6.00. The SMILES string of the molecule is Cc1cc(Cl)cc(C2=NN(C)C(=O)C2(C)NO)c1. The Morgan fingerprint density at radius 2 is 2.11 bits per heavy atom. The molecule has 5 nitrogen and oxygen atoms in total. The third-order valence-electron chi connectivity index (χ3n) is 2.98. The van der Waals surface area contributed by atoms with Crippen molar-refractivity contribution in [2.75, 3.05) is 7.05 Å². The fraction of sp³-hybridized carbons (Fsp3) is 0.333. The van der Waals surface area contributed by atoms with Gasteiger partial charge in [0.05, 0.1) is 0 Å². The molecule has 1 unspecified atom stereocenters. The molecule has 1 aromatic carbocycles. The Balaban J connectivity index is 2.56. The van der Waals surface area contributed by atoms with E-state index in [0.29, 0.717) is 16.3 Å². The zero-order valence-corrected chi connectivity index (χ0v) is 11.1. The highest BCUT2D eigenvalue weighted by Crippen LogP contribution is 2.26. The molecule has 1 amide bonds. The van der Waals surface area contributed by atoms with Gasteiger partial charge in [-0.05, 0) is 37.6 Å². The van der Waals surface area contributed by atoms with Crippen LogP contribution in [-0.4, -0.2) is 34.4 Å². The van der Waals surface area contributed by atoms with Gasteiger partial charge in [-0.2, -0.15) is 10.6 Å². The highest BCUT2D eigenvalue weighted by molar-refractivity contribution is 6.31. The lowest BCUT2D eigenvalue weighted by atomic mass is 9.90. The van der Waals surface area contributed by atoms with Gasteiger partial charge in [0.1, 0.15) is 5.71 Å². The summed E-state index contributed by atoms with van der Waals surface area (Å²) in [7, 11) is 1.54. The number of hydrogen-bond donors (Lipinski definition) is 2. The molecule has 1 aromatic rings. The average molecular weight is 268 g/mol. The number of amides is 1. The maximum absolute atomic E-state index is 12.0. The Morgan fingerprint density at radius 1 is 1.44 bits per heavy atom. The van der Waals surface area contributed by atoms with Crippen LogP contribution in [0.1, 0.15) is 18.1 Å². The Labute approximate surface area is 110 Å². The van der Waals surface area contributed by atoms with Gasteiger partial charge in [-0.3, -0.25) is 4.79 Å². The number of benzene rings is 1. The van der Waals surface area contributed by atoms with Crippen molar-refractivity contribution in [3.8, 4) is 0 Å². The van der Waals surface area contributed by atoms with Crippen molar-refractivity contribution in [3.05, 3.63) is 34.3 Å². The lowest BCUT2D eigenvalue weighted by Crippen LogP contribution is -2.53. The van der Waals surface area contributed by atoms with Crippen molar-refractivity contribution >= 4 is 23.2 Å². The normalized spacial score (nSPS) is 23.5. The first-order valence-corrected chi connectivity index (χ1v) is 5.82. The van der Waals surface area contributed by atoms with E-state index < -0.39 is 5.54 Å². The molecule has 18 heavy (non-hydrogen) atoms. The second-order valence-electron chi connectivity index (χ2n) is 4.53. The molecule has 2 rings (SSSR count). The van der Waals surface area contributed by atoms with E-state index in [-0.39, 0.29) is 5.91 Å². The van der Waals surface area contributed by atoms with Gasteiger partial charge in [-0.15, -0.1) is 0 Å². The van der Waals surface area contributed by atoms with Crippen LogP contribution in [0.3, 0.4) is 0 Å². The monoisotopic (exact) mass is 267 g/mol. The molecule has 0 aliphatic carbocycles. The molecule has 0 saturated carbocycles. The van der Waals surface area contributed by atoms with Crippen molar-refractivity contribution in [1.82, 2.24) is 10.5 Å². The van der Waals surface area contributed by atoms with Crippen LogP contribution in [0.25, 0.3) is 0 Å². The van der Waals surface area contributed by atoms with Crippen LogP contribution in [0.4, 0.5) is 0 Å². The summed E-state index contributed by atoms with van der Waals surface area (Å²) in [6, 6.07) is 5.40. The molecule has 1 atom stereocenters. The zero-order chi connectivity index (χ0) is 13.5. The number of halogens is 1. The van der Waals surface area contributed by atoms with Gasteiger partial charge in [0, 0.05) is 17.6 Å². The highest BCUT2D eigenvalue weighted by Gasteiger charge is 2.46. The second-order valence-corrected chi connectivity index (χ2v) is 4.97. The standard InChI is InChI=1S/C12H14ClN3O2/c1-7-4-8(6-9(13)5-7)10-12(2,15-18)11(17)16(3)14-10/h4-6,15,18H,1-3H3. The topological polar surface area (TPSA) is 64.9 Å². The molecule has 2 N–H and O–H groups in total. The van der Waals surface area contributed by atoms with Crippen LogP contribution >= 0.6 is 11.6 Å². The fourth-order valence-corrected chi connectivity index (χ4v) is 2.33. The summed E-state index contributed by atoms with van der Waals surface area (Å²) in [5.74, 6) is -0.322. The van der Waals surface area contributed by atoms with Gasteiger partial charge in [-0.1, -0.05) is 11.6 Å². The van der Waals surface area contributed by atoms with Crippen molar-refractivity contribution in [2.45, 2.75) is 19.4 Å². The van der Waals surface area contributed by atoms with Gasteiger partial charge in [0.2, 0.25) is 0 Å². The third-order valence-corrected chi connectivity index (χ3v) is 3.20. The van der Waals surface area contributed by atoms with Crippen molar-refractivity contribution in [1.29, 1.82) is 0 Å². The largest absolute Gasteiger partial charge is 0.315 e. The minimum atomic E-state index is -1.24. The number of rotatable bonds is 2. The Hall–Kier alpha value is -1.43. The average Bonchev–Trinajstić information content (AvgIpc) is 2.53. The number of hydrazone groups is 1. The third kappa shape index (κ3) is 1.90. The molecular weight excluding hydrogens is 254 g/mol. The van der Waals surface area contributed by atoms with E-state index >= 15 is 0 Å². The number of aryl methyl sites for hydroxylation is 1. The van der Waals surface area contributed by atoms with E-state index in [1.165, 1.54) is 5.01 Å². The highest BCUT2D eigenvalue weighted by atomic mass is 35.5. The first-order valence-electron chi connectivity index (χ1n) is 5.44. The number of likely N-dealkylation sites (N-methyl/N-ethyl adjacent to an activating group) is 1. The summed E-state index contributed by atoms with van der Waals surface area (Å²) in [6.45, 7) is 3.48. The first kappa shape index (κ1) is 13.0. The van der Waals surface area contributed by atoms with E-state index in [1.807, 2.05) is 24.5 Å². The van der Waals surface area contributed by atoms with Crippen LogP contribution in [0, 0.1) is 6.92 Å². The van der Waals surface area contributed by atoms with Crippen LogP contribution in [-0.2, 0) is 4.79 Å². The smallest absolute Gasteiger partial charge is 0.270 e. The van der Waals surface area contributed by atoms with Gasteiger partial charge in [-0.25, -0.2) is 5.01 Å². The molecule has 1 heterocycles. The molecule has 0 spiro atoms. The Kier molecular flexibility index (Phi) is 3.14. The lowest BCUT2D eigenvalue weighted by molar-refractivity contribution is -0.134. The van der Waals surface area contributed by atoms with Crippen LogP contribution < -0.4 is 5.48 Å². The number of nitrogens with zero attached hydrogens (tertiary/aromatic N) is 2. The second kappa shape index (κ2) is 4.35. The van der Waals surface area contributed by atoms with Crippen molar-refractivity contribution in [3.63, 3.8) is 0 Å². The predicted octanol–water partition coefficient (Wildman–Crippen LogP) is 1.56. The van der Waals surface area contributed by atoms with Crippen LogP contribution in [0.15, 0.2) is 23.3 Å². The summed E-state index contributed by atoms with van der Waals surface area (Å²) in [6.07, 6.45) is 0. The van der Waals surface area contributed by atoms with E-state index in [2.05, 4.69) is 5.10 Å². The zero-order valence-electron chi connectivity index (χ0n) is 10.4. The molecule has 0 fully saturated rings. The Bertz CT molecular complexity index is 524. The van der Waals surface area contributed by atoms with E-state index in [1.54, 1.807) is 20.0 Å². The molecular formula is C12H14ClN3O2. The number of nitrogens with one attached hydrogen (secondary N) is 1. The molecule has 6 heteroatoms.